The zero-order valence-corrected chi connectivity index (χ0v) is 6.91. The molecule has 0 aromatic carbocycles. The fraction of sp³-hybridized carbons (Fsp3) is 0.429. The molecule has 1 fully saturated rings. The molecule has 1 saturated heterocycles. The number of rotatable bonds is 0. The number of carbonyl (C=O) groups excluding carboxylic acids is 1. The second kappa shape index (κ2) is 2.37. The number of amidine groups is 1. The van der Waals surface area contributed by atoms with Gasteiger partial charge in [0.1, 0.15) is 13.1 Å². The van der Waals surface area contributed by atoms with Gasteiger partial charge < -0.3 is 0 Å². The van der Waals surface area contributed by atoms with Crippen LogP contribution in [0.3, 0.4) is 0 Å². The van der Waals surface area contributed by atoms with E-state index in [0.717, 1.165) is 17.5 Å². The Labute approximate surface area is 69.2 Å². The van der Waals surface area contributed by atoms with Crippen molar-refractivity contribution in [3.8, 4) is 0 Å². The van der Waals surface area contributed by atoms with Crippen molar-refractivity contribution in [2.45, 2.75) is 0 Å². The number of thioether (sulfide) groups is 1. The van der Waals surface area contributed by atoms with Crippen molar-refractivity contribution in [3.05, 3.63) is 12.2 Å². The Kier molecular flexibility index (Phi) is 1.49. The minimum Gasteiger partial charge on any atom is -0.264 e. The molecule has 1 N–H and O–H groups in total. The number of carbonyl (C=O) groups is 1. The van der Waals surface area contributed by atoms with Gasteiger partial charge in [-0.3, -0.25) is 4.99 Å². The molecule has 2 aliphatic rings. The van der Waals surface area contributed by atoms with Gasteiger partial charge in [-0.2, -0.15) is 4.90 Å². The van der Waals surface area contributed by atoms with E-state index in [-0.39, 0.29) is 5.91 Å². The third-order valence-corrected chi connectivity index (χ3v) is 2.82. The lowest BCUT2D eigenvalue weighted by atomic mass is 10.2. The van der Waals surface area contributed by atoms with Crippen molar-refractivity contribution < 1.29 is 9.79 Å². The first-order valence-electron chi connectivity index (χ1n) is 3.52. The number of hydrogen-bond acceptors (Lipinski definition) is 2. The fourth-order valence-electron chi connectivity index (χ4n) is 1.20. The molecule has 0 aromatic rings. The van der Waals surface area contributed by atoms with Crippen molar-refractivity contribution in [1.82, 2.24) is 4.90 Å². The zero-order valence-electron chi connectivity index (χ0n) is 6.09. The van der Waals surface area contributed by atoms with Crippen molar-refractivity contribution >= 4 is 22.8 Å². The first kappa shape index (κ1) is 6.91. The van der Waals surface area contributed by atoms with E-state index in [0.29, 0.717) is 12.1 Å². The largest absolute Gasteiger partial charge is 0.340 e. The second-order valence-electron chi connectivity index (χ2n) is 2.57. The molecule has 0 aliphatic carbocycles. The summed E-state index contributed by atoms with van der Waals surface area (Å²) in [6.45, 7) is 5.11. The molecular formula is C7H9N2OS+. The molecule has 0 radical (unpaired) electrons. The summed E-state index contributed by atoms with van der Waals surface area (Å²) in [7, 11) is 0. The highest BCUT2D eigenvalue weighted by molar-refractivity contribution is 8.13. The lowest BCUT2D eigenvalue weighted by molar-refractivity contribution is -0.451. The number of fused-ring (bicyclic) bond motifs is 1. The first-order valence-corrected chi connectivity index (χ1v) is 4.51. The molecule has 3 nitrogen and oxygen atoms in total. The number of nitrogens with zero attached hydrogens (tertiary/aromatic N) is 1. The standard InChI is InChI=1S/C7H8N2OS/c1-5-4-8-7-9(6(5)10)2-3-11-7/h1-4H2/p+1. The smallest absolute Gasteiger partial charge is 0.264 e. The van der Waals surface area contributed by atoms with Crippen molar-refractivity contribution in [2.75, 3.05) is 18.8 Å². The van der Waals surface area contributed by atoms with Crippen LogP contribution in [0.2, 0.25) is 0 Å². The van der Waals surface area contributed by atoms with Crippen molar-refractivity contribution in [3.63, 3.8) is 0 Å². The van der Waals surface area contributed by atoms with E-state index in [1.54, 1.807) is 16.7 Å². The summed E-state index contributed by atoms with van der Waals surface area (Å²) in [4.78, 5) is 16.3. The van der Waals surface area contributed by atoms with E-state index in [2.05, 4.69) is 11.6 Å². The molecule has 4 heteroatoms. The average Bonchev–Trinajstić information content (AvgIpc) is 2.45. The molecule has 1 amide bonds. The average molecular weight is 169 g/mol. The van der Waals surface area contributed by atoms with Crippen LogP contribution in [-0.2, 0) is 4.79 Å². The van der Waals surface area contributed by atoms with E-state index in [1.165, 1.54) is 0 Å². The minimum atomic E-state index is 0.0868. The summed E-state index contributed by atoms with van der Waals surface area (Å²) < 4.78 is 0. The van der Waals surface area contributed by atoms with E-state index in [9.17, 15) is 4.79 Å². The molecule has 58 valence electrons. The van der Waals surface area contributed by atoms with Gasteiger partial charge in [-0.1, -0.05) is 6.58 Å². The predicted molar refractivity (Wildman–Crippen MR) is 44.1 cm³/mol. The quantitative estimate of drug-likeness (QED) is 0.451. The maximum Gasteiger partial charge on any atom is 0.340 e. The lowest BCUT2D eigenvalue weighted by Gasteiger charge is -2.12. The van der Waals surface area contributed by atoms with Gasteiger partial charge in [-0.15, -0.1) is 0 Å². The molecule has 11 heavy (non-hydrogen) atoms. The Morgan fingerprint density at radius 3 is 3.27 bits per heavy atom. The van der Waals surface area contributed by atoms with Crippen LogP contribution in [0.15, 0.2) is 12.2 Å². The third-order valence-electron chi connectivity index (χ3n) is 1.80. The van der Waals surface area contributed by atoms with Crippen LogP contribution in [0, 0.1) is 0 Å². The number of amides is 1. The Morgan fingerprint density at radius 1 is 1.64 bits per heavy atom. The molecule has 0 saturated carbocycles. The van der Waals surface area contributed by atoms with Crippen LogP contribution in [-0.4, -0.2) is 34.8 Å². The van der Waals surface area contributed by atoms with Gasteiger partial charge in [-0.05, 0) is 11.8 Å². The molecule has 0 bridgehead atoms. The van der Waals surface area contributed by atoms with Crippen LogP contribution in [0.25, 0.3) is 0 Å². The SMILES string of the molecule is C=C1C[NH+]=C2SCCN2C1=O. The van der Waals surface area contributed by atoms with Crippen LogP contribution in [0.4, 0.5) is 0 Å². The molecule has 0 atom stereocenters. The monoisotopic (exact) mass is 169 g/mol. The molecule has 2 aliphatic heterocycles. The molecule has 2 heterocycles. The Bertz CT molecular complexity index is 259. The van der Waals surface area contributed by atoms with E-state index >= 15 is 0 Å². The summed E-state index contributed by atoms with van der Waals surface area (Å²) in [5.74, 6) is 1.09. The predicted octanol–water partition coefficient (Wildman–Crippen LogP) is -1.43. The highest BCUT2D eigenvalue weighted by atomic mass is 32.2. The first-order chi connectivity index (χ1) is 5.29. The van der Waals surface area contributed by atoms with Crippen molar-refractivity contribution in [1.29, 1.82) is 0 Å². The molecule has 0 unspecified atom stereocenters. The van der Waals surface area contributed by atoms with Crippen LogP contribution in [0.5, 0.6) is 0 Å². The van der Waals surface area contributed by atoms with E-state index in [4.69, 9.17) is 0 Å². The topological polar surface area (TPSA) is 34.3 Å². The van der Waals surface area contributed by atoms with Crippen LogP contribution < -0.4 is 4.99 Å². The van der Waals surface area contributed by atoms with Gasteiger partial charge in [0.15, 0.2) is 0 Å². The van der Waals surface area contributed by atoms with Gasteiger partial charge >= 0.3 is 11.1 Å². The Balaban J connectivity index is 2.33. The number of hydrogen-bond donors (Lipinski definition) is 1. The molecular weight excluding hydrogens is 160 g/mol. The molecule has 0 aromatic heterocycles. The highest BCUT2D eigenvalue weighted by Gasteiger charge is 2.37. The summed E-state index contributed by atoms with van der Waals surface area (Å²) in [6, 6.07) is 0. The van der Waals surface area contributed by atoms with Gasteiger partial charge in [0.2, 0.25) is 0 Å². The number of nitrogens with one attached hydrogen (secondary N) is 1. The summed E-state index contributed by atoms with van der Waals surface area (Å²) in [5, 5.41) is 1.00. The third kappa shape index (κ3) is 0.976. The Morgan fingerprint density at radius 2 is 2.45 bits per heavy atom. The Hall–Kier alpha value is -0.770. The normalized spacial score (nSPS) is 23.6. The highest BCUT2D eigenvalue weighted by Crippen LogP contribution is 2.17. The molecule has 0 spiro atoms. The maximum atomic E-state index is 11.4. The fourth-order valence-corrected chi connectivity index (χ4v) is 2.17. The van der Waals surface area contributed by atoms with E-state index in [1.807, 2.05) is 0 Å². The zero-order chi connectivity index (χ0) is 7.84. The van der Waals surface area contributed by atoms with Gasteiger partial charge in [0.25, 0.3) is 0 Å². The van der Waals surface area contributed by atoms with Gasteiger partial charge in [0.05, 0.1) is 5.57 Å². The summed E-state index contributed by atoms with van der Waals surface area (Å²) in [6.07, 6.45) is 0. The van der Waals surface area contributed by atoms with Gasteiger partial charge in [-0.25, -0.2) is 4.79 Å². The van der Waals surface area contributed by atoms with Crippen LogP contribution in [0.1, 0.15) is 0 Å². The van der Waals surface area contributed by atoms with Crippen molar-refractivity contribution in [2.24, 2.45) is 0 Å². The van der Waals surface area contributed by atoms with Gasteiger partial charge in [0, 0.05) is 5.75 Å². The summed E-state index contributed by atoms with van der Waals surface area (Å²) in [5.41, 5.74) is 0.663. The second-order valence-corrected chi connectivity index (χ2v) is 3.65. The van der Waals surface area contributed by atoms with E-state index < -0.39 is 0 Å². The maximum absolute atomic E-state index is 11.4. The molecule has 2 rings (SSSR count). The minimum absolute atomic E-state index is 0.0868. The van der Waals surface area contributed by atoms with Crippen LogP contribution >= 0.6 is 11.8 Å². The lowest BCUT2D eigenvalue weighted by Crippen LogP contribution is -2.79. The summed E-state index contributed by atoms with van der Waals surface area (Å²) >= 11 is 1.70.